The molecule has 0 saturated heterocycles. The lowest BCUT2D eigenvalue weighted by molar-refractivity contribution is 1.08. The number of hydrogen-bond acceptors (Lipinski definition) is 4. The van der Waals surface area contributed by atoms with Gasteiger partial charge in [0, 0.05) is 16.8 Å². The molecule has 0 aliphatic rings. The summed E-state index contributed by atoms with van der Waals surface area (Å²) in [5.41, 5.74) is 4.34. The van der Waals surface area contributed by atoms with Crippen molar-refractivity contribution in [3.05, 3.63) is 52.9 Å². The molecule has 2 aromatic heterocycles. The van der Waals surface area contributed by atoms with Crippen molar-refractivity contribution in [3.8, 4) is 11.3 Å². The third-order valence-corrected chi connectivity index (χ3v) is 3.77. The molecule has 0 fully saturated rings. The van der Waals surface area contributed by atoms with Gasteiger partial charge in [-0.1, -0.05) is 12.1 Å². The normalized spacial score (nSPS) is 10.6. The van der Waals surface area contributed by atoms with Crippen LogP contribution in [0.2, 0.25) is 0 Å². The third kappa shape index (κ3) is 2.82. The first-order chi connectivity index (χ1) is 9.31. The van der Waals surface area contributed by atoms with E-state index in [0.717, 1.165) is 34.2 Å². The van der Waals surface area contributed by atoms with Crippen LogP contribution in [0.3, 0.4) is 0 Å². The molecule has 0 spiro atoms. The number of aryl methyl sites for hydroxylation is 1. The molecular weight excluding hydrogens is 256 g/mol. The van der Waals surface area contributed by atoms with Crippen molar-refractivity contribution in [2.75, 3.05) is 5.32 Å². The van der Waals surface area contributed by atoms with E-state index in [1.165, 1.54) is 0 Å². The van der Waals surface area contributed by atoms with Crippen molar-refractivity contribution in [1.29, 1.82) is 0 Å². The Morgan fingerprint density at radius 1 is 1.26 bits per heavy atom. The van der Waals surface area contributed by atoms with Gasteiger partial charge in [-0.25, -0.2) is 9.97 Å². The quantitative estimate of drug-likeness (QED) is 0.763. The van der Waals surface area contributed by atoms with Gasteiger partial charge in [-0.15, -0.1) is 11.3 Å². The van der Waals surface area contributed by atoms with Crippen LogP contribution in [0.4, 0.5) is 5.69 Å². The summed E-state index contributed by atoms with van der Waals surface area (Å²) in [7, 11) is 0. The Balaban J connectivity index is 1.66. The van der Waals surface area contributed by atoms with Crippen molar-refractivity contribution in [2.24, 2.45) is 0 Å². The first-order valence-corrected chi connectivity index (χ1v) is 6.93. The Kier molecular flexibility index (Phi) is 3.29. The van der Waals surface area contributed by atoms with Gasteiger partial charge in [-0.05, 0) is 24.6 Å². The minimum atomic E-state index is 0.766. The van der Waals surface area contributed by atoms with E-state index in [9.17, 15) is 0 Å². The zero-order valence-electron chi connectivity index (χ0n) is 10.6. The molecule has 4 nitrogen and oxygen atoms in total. The van der Waals surface area contributed by atoms with Crippen molar-refractivity contribution in [1.82, 2.24) is 15.0 Å². The average Bonchev–Trinajstić information content (AvgIpc) is 3.08. The Labute approximate surface area is 115 Å². The number of rotatable bonds is 4. The maximum atomic E-state index is 4.43. The van der Waals surface area contributed by atoms with Gasteiger partial charge in [-0.2, -0.15) is 0 Å². The van der Waals surface area contributed by atoms with E-state index in [1.54, 1.807) is 17.7 Å². The fourth-order valence-corrected chi connectivity index (χ4v) is 2.55. The zero-order valence-corrected chi connectivity index (χ0v) is 11.4. The van der Waals surface area contributed by atoms with Gasteiger partial charge in [0.15, 0.2) is 0 Å². The van der Waals surface area contributed by atoms with Crippen LogP contribution in [0.1, 0.15) is 10.7 Å². The number of thiazole rings is 1. The van der Waals surface area contributed by atoms with Gasteiger partial charge in [-0.3, -0.25) is 0 Å². The van der Waals surface area contributed by atoms with Crippen molar-refractivity contribution < 1.29 is 0 Å². The number of nitrogens with one attached hydrogen (secondary N) is 2. The van der Waals surface area contributed by atoms with Gasteiger partial charge in [0.2, 0.25) is 0 Å². The summed E-state index contributed by atoms with van der Waals surface area (Å²) in [6, 6.07) is 8.28. The summed E-state index contributed by atoms with van der Waals surface area (Å²) in [4.78, 5) is 11.5. The molecule has 0 saturated carbocycles. The lowest BCUT2D eigenvalue weighted by atomic mass is 10.1. The molecule has 0 amide bonds. The van der Waals surface area contributed by atoms with Crippen LogP contribution in [0.15, 0.2) is 42.2 Å². The molecule has 3 aromatic rings. The molecule has 0 aliphatic carbocycles. The molecular formula is C14H14N4S. The van der Waals surface area contributed by atoms with E-state index in [-0.39, 0.29) is 0 Å². The molecule has 1 aromatic carbocycles. The topological polar surface area (TPSA) is 53.6 Å². The predicted octanol–water partition coefficient (Wildman–Crippen LogP) is 3.45. The number of anilines is 1. The van der Waals surface area contributed by atoms with E-state index >= 15 is 0 Å². The number of aromatic nitrogens is 3. The van der Waals surface area contributed by atoms with Crippen molar-refractivity contribution in [3.63, 3.8) is 0 Å². The maximum absolute atomic E-state index is 4.43. The standard InChI is InChI=1S/C14H14N4S/c1-10-8-19-14(18-10)7-16-12-4-2-11(3-5-12)13-6-15-9-17-13/h2-6,8-9,16H,7H2,1H3,(H,15,17). The molecule has 5 heteroatoms. The summed E-state index contributed by atoms with van der Waals surface area (Å²) in [6.45, 7) is 2.78. The number of aromatic amines is 1. The molecule has 96 valence electrons. The molecule has 0 atom stereocenters. The molecule has 2 heterocycles. The average molecular weight is 270 g/mol. The van der Waals surface area contributed by atoms with Gasteiger partial charge >= 0.3 is 0 Å². The lowest BCUT2D eigenvalue weighted by Gasteiger charge is -2.05. The van der Waals surface area contributed by atoms with Gasteiger partial charge in [0.05, 0.1) is 24.8 Å². The molecule has 2 N–H and O–H groups in total. The SMILES string of the molecule is Cc1csc(CNc2ccc(-c3cnc[nH]3)cc2)n1. The van der Waals surface area contributed by atoms with E-state index in [4.69, 9.17) is 0 Å². The lowest BCUT2D eigenvalue weighted by Crippen LogP contribution is -1.98. The van der Waals surface area contributed by atoms with Crippen LogP contribution >= 0.6 is 11.3 Å². The van der Waals surface area contributed by atoms with Crippen molar-refractivity contribution >= 4 is 17.0 Å². The minimum absolute atomic E-state index is 0.766. The molecule has 0 unspecified atom stereocenters. The molecule has 19 heavy (non-hydrogen) atoms. The second kappa shape index (κ2) is 5.24. The molecule has 3 rings (SSSR count). The van der Waals surface area contributed by atoms with Gasteiger partial charge in [0.25, 0.3) is 0 Å². The number of H-pyrrole nitrogens is 1. The summed E-state index contributed by atoms with van der Waals surface area (Å²) in [6.07, 6.45) is 3.51. The number of hydrogen-bond donors (Lipinski definition) is 2. The van der Waals surface area contributed by atoms with Crippen LogP contribution in [-0.2, 0) is 6.54 Å². The molecule has 0 radical (unpaired) electrons. The summed E-state index contributed by atoms with van der Waals surface area (Å²) < 4.78 is 0. The third-order valence-electron chi connectivity index (χ3n) is 2.80. The second-order valence-corrected chi connectivity index (χ2v) is 5.22. The zero-order chi connectivity index (χ0) is 13.1. The smallest absolute Gasteiger partial charge is 0.112 e. The number of imidazole rings is 1. The van der Waals surface area contributed by atoms with Crippen LogP contribution in [0, 0.1) is 6.92 Å². The van der Waals surface area contributed by atoms with Gasteiger partial charge < -0.3 is 10.3 Å². The highest BCUT2D eigenvalue weighted by atomic mass is 32.1. The van der Waals surface area contributed by atoms with E-state index < -0.39 is 0 Å². The summed E-state index contributed by atoms with van der Waals surface area (Å²) in [5.74, 6) is 0. The highest BCUT2D eigenvalue weighted by molar-refractivity contribution is 7.09. The Morgan fingerprint density at radius 3 is 2.74 bits per heavy atom. The minimum Gasteiger partial charge on any atom is -0.379 e. The summed E-state index contributed by atoms with van der Waals surface area (Å²) in [5, 5.41) is 6.54. The van der Waals surface area contributed by atoms with Crippen LogP contribution in [0.5, 0.6) is 0 Å². The van der Waals surface area contributed by atoms with E-state index in [0.29, 0.717) is 0 Å². The van der Waals surface area contributed by atoms with Crippen LogP contribution < -0.4 is 5.32 Å². The molecule has 0 aliphatic heterocycles. The second-order valence-electron chi connectivity index (χ2n) is 4.28. The maximum Gasteiger partial charge on any atom is 0.112 e. The van der Waals surface area contributed by atoms with E-state index in [1.807, 2.05) is 13.1 Å². The highest BCUT2D eigenvalue weighted by Crippen LogP contribution is 2.19. The van der Waals surface area contributed by atoms with Crippen molar-refractivity contribution in [2.45, 2.75) is 13.5 Å². The largest absolute Gasteiger partial charge is 0.379 e. The Morgan fingerprint density at radius 2 is 2.11 bits per heavy atom. The van der Waals surface area contributed by atoms with Crippen LogP contribution in [0.25, 0.3) is 11.3 Å². The Hall–Kier alpha value is -2.14. The monoisotopic (exact) mass is 270 g/mol. The van der Waals surface area contributed by atoms with E-state index in [2.05, 4.69) is 49.9 Å². The predicted molar refractivity (Wildman–Crippen MR) is 78.2 cm³/mol. The number of nitrogens with zero attached hydrogens (tertiary/aromatic N) is 2. The fraction of sp³-hybridized carbons (Fsp3) is 0.143. The fourth-order valence-electron chi connectivity index (χ4n) is 1.84. The molecule has 0 bridgehead atoms. The summed E-state index contributed by atoms with van der Waals surface area (Å²) >= 11 is 1.68. The first-order valence-electron chi connectivity index (χ1n) is 6.05. The Bertz CT molecular complexity index is 640. The van der Waals surface area contributed by atoms with Gasteiger partial charge in [0.1, 0.15) is 5.01 Å². The van der Waals surface area contributed by atoms with Crippen LogP contribution in [-0.4, -0.2) is 15.0 Å². The highest BCUT2D eigenvalue weighted by Gasteiger charge is 2.00. The first kappa shape index (κ1) is 11.9. The number of benzene rings is 1.